The van der Waals surface area contributed by atoms with Gasteiger partial charge in [-0.3, -0.25) is 4.79 Å². The molecule has 0 aliphatic carbocycles. The molecule has 0 fully saturated rings. The predicted molar refractivity (Wildman–Crippen MR) is 58.1 cm³/mol. The molecule has 0 radical (unpaired) electrons. The van der Waals surface area contributed by atoms with Gasteiger partial charge in [-0.15, -0.1) is 0 Å². The second-order valence-electron chi connectivity index (χ2n) is 3.63. The molecule has 1 aliphatic heterocycles. The first-order valence-corrected chi connectivity index (χ1v) is 4.81. The number of nitrogen functional groups attached to an aromatic ring is 1. The molecule has 1 aliphatic rings. The van der Waals surface area contributed by atoms with Crippen molar-refractivity contribution in [2.24, 2.45) is 0 Å². The monoisotopic (exact) mass is 215 g/mol. The number of nitrogens with two attached hydrogens (primary N) is 1. The first-order chi connectivity index (χ1) is 7.74. The average Bonchev–Trinajstić information content (AvgIpc) is 2.83. The topological polar surface area (TPSA) is 85.8 Å². The van der Waals surface area contributed by atoms with Crippen LogP contribution in [0.25, 0.3) is 5.69 Å². The molecule has 2 aromatic rings. The van der Waals surface area contributed by atoms with Crippen LogP contribution in [0, 0.1) is 0 Å². The Hall–Kier alpha value is -2.37. The minimum absolute atomic E-state index is 0.00913. The van der Waals surface area contributed by atoms with E-state index in [1.807, 2.05) is 6.07 Å². The van der Waals surface area contributed by atoms with Crippen LogP contribution in [0.1, 0.15) is 5.56 Å². The van der Waals surface area contributed by atoms with E-state index < -0.39 is 0 Å². The molecule has 0 saturated heterocycles. The minimum Gasteiger partial charge on any atom is -0.397 e. The number of carbonyl (C=O) groups is 1. The molecule has 1 amide bonds. The third kappa shape index (κ3) is 1.23. The van der Waals surface area contributed by atoms with Crippen molar-refractivity contribution >= 4 is 17.3 Å². The van der Waals surface area contributed by atoms with Gasteiger partial charge >= 0.3 is 0 Å². The summed E-state index contributed by atoms with van der Waals surface area (Å²) >= 11 is 0. The van der Waals surface area contributed by atoms with Gasteiger partial charge in [-0.05, 0) is 17.7 Å². The van der Waals surface area contributed by atoms with Crippen LogP contribution < -0.4 is 11.1 Å². The number of anilines is 2. The van der Waals surface area contributed by atoms with E-state index >= 15 is 0 Å². The number of nitrogens with zero attached hydrogens (tertiary/aromatic N) is 3. The lowest BCUT2D eigenvalue weighted by Gasteiger charge is -2.07. The quantitative estimate of drug-likeness (QED) is 0.672. The number of benzene rings is 1. The highest BCUT2D eigenvalue weighted by molar-refractivity contribution is 6.00. The van der Waals surface area contributed by atoms with Crippen LogP contribution in [0.2, 0.25) is 0 Å². The average molecular weight is 215 g/mol. The van der Waals surface area contributed by atoms with Crippen LogP contribution in [0.5, 0.6) is 0 Å². The fraction of sp³-hybridized carbons (Fsp3) is 0.100. The summed E-state index contributed by atoms with van der Waals surface area (Å²) in [4.78, 5) is 15.1. The molecule has 0 saturated carbocycles. The Kier molecular flexibility index (Phi) is 1.70. The van der Waals surface area contributed by atoms with Crippen LogP contribution in [0.15, 0.2) is 24.8 Å². The fourth-order valence-corrected chi connectivity index (χ4v) is 1.81. The van der Waals surface area contributed by atoms with E-state index in [2.05, 4.69) is 15.4 Å². The third-order valence-corrected chi connectivity index (χ3v) is 2.54. The van der Waals surface area contributed by atoms with Crippen molar-refractivity contribution in [1.82, 2.24) is 14.8 Å². The number of fused-ring (bicyclic) bond motifs is 1. The molecule has 6 nitrogen and oxygen atoms in total. The lowest BCUT2D eigenvalue weighted by atomic mass is 10.1. The van der Waals surface area contributed by atoms with E-state index in [-0.39, 0.29) is 5.91 Å². The Bertz CT molecular complexity index is 561. The van der Waals surface area contributed by atoms with Crippen molar-refractivity contribution in [3.05, 3.63) is 30.4 Å². The van der Waals surface area contributed by atoms with Crippen molar-refractivity contribution < 1.29 is 4.79 Å². The number of carbonyl (C=O) groups excluding carboxylic acids is 1. The summed E-state index contributed by atoms with van der Waals surface area (Å²) in [6, 6.07) is 3.61. The SMILES string of the molecule is Nc1cc2c(cc1-n1cncn1)NC(=O)C2. The van der Waals surface area contributed by atoms with Gasteiger partial charge in [0.15, 0.2) is 0 Å². The van der Waals surface area contributed by atoms with Gasteiger partial charge in [0.1, 0.15) is 12.7 Å². The first-order valence-electron chi connectivity index (χ1n) is 4.81. The number of rotatable bonds is 1. The highest BCUT2D eigenvalue weighted by Gasteiger charge is 2.19. The van der Waals surface area contributed by atoms with Crippen LogP contribution in [0.4, 0.5) is 11.4 Å². The molecule has 1 aromatic carbocycles. The lowest BCUT2D eigenvalue weighted by Crippen LogP contribution is -2.04. The van der Waals surface area contributed by atoms with E-state index in [0.29, 0.717) is 12.1 Å². The molecule has 2 heterocycles. The maximum atomic E-state index is 11.2. The summed E-state index contributed by atoms with van der Waals surface area (Å²) in [6.07, 6.45) is 3.39. The molecular formula is C10H9N5O. The van der Waals surface area contributed by atoms with Crippen molar-refractivity contribution in [3.63, 3.8) is 0 Å². The Morgan fingerprint density at radius 3 is 3.06 bits per heavy atom. The first kappa shape index (κ1) is 8.90. The zero-order valence-corrected chi connectivity index (χ0v) is 8.34. The minimum atomic E-state index is -0.00913. The Morgan fingerprint density at radius 1 is 1.44 bits per heavy atom. The number of aromatic nitrogens is 3. The number of hydrogen-bond donors (Lipinski definition) is 2. The molecular weight excluding hydrogens is 206 g/mol. The number of nitrogens with one attached hydrogen (secondary N) is 1. The van der Waals surface area contributed by atoms with Crippen molar-refractivity contribution in [2.45, 2.75) is 6.42 Å². The van der Waals surface area contributed by atoms with Crippen molar-refractivity contribution in [1.29, 1.82) is 0 Å². The second kappa shape index (κ2) is 3.06. The zero-order valence-electron chi connectivity index (χ0n) is 8.34. The van der Waals surface area contributed by atoms with E-state index in [1.165, 1.54) is 6.33 Å². The van der Waals surface area contributed by atoms with E-state index in [1.54, 1.807) is 17.1 Å². The molecule has 0 bridgehead atoms. The summed E-state index contributed by atoms with van der Waals surface area (Å²) in [5, 5.41) is 6.78. The molecule has 0 spiro atoms. The highest BCUT2D eigenvalue weighted by Crippen LogP contribution is 2.29. The Labute approximate surface area is 91.1 Å². The van der Waals surface area contributed by atoms with Gasteiger partial charge in [0.25, 0.3) is 0 Å². The van der Waals surface area contributed by atoms with Crippen LogP contribution >= 0.6 is 0 Å². The summed E-state index contributed by atoms with van der Waals surface area (Å²) in [6.45, 7) is 0. The van der Waals surface area contributed by atoms with Gasteiger partial charge in [-0.1, -0.05) is 0 Å². The summed E-state index contributed by atoms with van der Waals surface area (Å²) in [5.74, 6) is -0.00913. The van der Waals surface area contributed by atoms with Crippen LogP contribution in [0.3, 0.4) is 0 Å². The van der Waals surface area contributed by atoms with E-state index in [0.717, 1.165) is 16.9 Å². The smallest absolute Gasteiger partial charge is 0.228 e. The summed E-state index contributed by atoms with van der Waals surface area (Å²) < 4.78 is 1.57. The zero-order chi connectivity index (χ0) is 11.1. The summed E-state index contributed by atoms with van der Waals surface area (Å²) in [7, 11) is 0. The number of amides is 1. The Morgan fingerprint density at radius 2 is 2.31 bits per heavy atom. The van der Waals surface area contributed by atoms with Gasteiger partial charge in [0, 0.05) is 5.69 Å². The lowest BCUT2D eigenvalue weighted by molar-refractivity contribution is -0.115. The van der Waals surface area contributed by atoms with Crippen molar-refractivity contribution in [2.75, 3.05) is 11.1 Å². The molecule has 0 unspecified atom stereocenters. The molecule has 16 heavy (non-hydrogen) atoms. The largest absolute Gasteiger partial charge is 0.397 e. The van der Waals surface area contributed by atoms with Crippen molar-refractivity contribution in [3.8, 4) is 5.69 Å². The van der Waals surface area contributed by atoms with Gasteiger partial charge in [0.2, 0.25) is 5.91 Å². The predicted octanol–water partition coefficient (Wildman–Crippen LogP) is 0.344. The molecule has 0 atom stereocenters. The number of hydrogen-bond acceptors (Lipinski definition) is 4. The maximum Gasteiger partial charge on any atom is 0.228 e. The Balaban J connectivity index is 2.15. The molecule has 1 aromatic heterocycles. The summed E-state index contributed by atoms with van der Waals surface area (Å²) in [5.41, 5.74) is 8.93. The van der Waals surface area contributed by atoms with E-state index in [9.17, 15) is 4.79 Å². The van der Waals surface area contributed by atoms with Gasteiger partial charge in [-0.25, -0.2) is 9.67 Å². The maximum absolute atomic E-state index is 11.2. The standard InChI is InChI=1S/C10H9N5O/c11-7-1-6-2-10(16)14-8(6)3-9(7)15-5-12-4-13-15/h1,3-5H,2,11H2,(H,14,16). The van der Waals surface area contributed by atoms with E-state index in [4.69, 9.17) is 5.73 Å². The highest BCUT2D eigenvalue weighted by atomic mass is 16.1. The van der Waals surface area contributed by atoms with Gasteiger partial charge in [0.05, 0.1) is 17.8 Å². The van der Waals surface area contributed by atoms with Gasteiger partial charge < -0.3 is 11.1 Å². The fourth-order valence-electron chi connectivity index (χ4n) is 1.81. The third-order valence-electron chi connectivity index (χ3n) is 2.54. The molecule has 3 N–H and O–H groups in total. The second-order valence-corrected chi connectivity index (χ2v) is 3.63. The molecule has 80 valence electrons. The van der Waals surface area contributed by atoms with Crippen LogP contribution in [-0.2, 0) is 11.2 Å². The molecule has 6 heteroatoms. The normalized spacial score (nSPS) is 13.6. The molecule has 3 rings (SSSR count). The van der Waals surface area contributed by atoms with Gasteiger partial charge in [-0.2, -0.15) is 5.10 Å². The van der Waals surface area contributed by atoms with Crippen LogP contribution in [-0.4, -0.2) is 20.7 Å².